The normalized spacial score (nSPS) is 22.2. The molecule has 7 nitrogen and oxygen atoms in total. The van der Waals surface area contributed by atoms with Gasteiger partial charge >= 0.3 is 0 Å². The Bertz CT molecular complexity index is 714. The van der Waals surface area contributed by atoms with Gasteiger partial charge in [-0.25, -0.2) is 8.42 Å². The molecule has 1 aromatic rings. The van der Waals surface area contributed by atoms with E-state index in [1.165, 1.54) is 16.4 Å². The molecular formula is C18H26N2O5S. The molecule has 1 aromatic carbocycles. The lowest BCUT2D eigenvalue weighted by atomic mass is 10.0. The van der Waals surface area contributed by atoms with Crippen molar-refractivity contribution < 1.29 is 22.7 Å². The Morgan fingerprint density at radius 1 is 1.15 bits per heavy atom. The van der Waals surface area contributed by atoms with Crippen molar-refractivity contribution in [3.05, 3.63) is 24.3 Å². The van der Waals surface area contributed by atoms with E-state index in [2.05, 4.69) is 6.92 Å². The molecule has 2 saturated heterocycles. The first-order valence-corrected chi connectivity index (χ1v) is 10.5. The molecule has 1 atom stereocenters. The summed E-state index contributed by atoms with van der Waals surface area (Å²) >= 11 is 0. The maximum atomic E-state index is 12.6. The summed E-state index contributed by atoms with van der Waals surface area (Å²) in [4.78, 5) is 14.4. The number of carbonyl (C=O) groups is 1. The van der Waals surface area contributed by atoms with Crippen molar-refractivity contribution in [3.63, 3.8) is 0 Å². The molecule has 1 amide bonds. The highest BCUT2D eigenvalue weighted by atomic mass is 32.2. The fraction of sp³-hybridized carbons (Fsp3) is 0.611. The molecule has 2 aliphatic rings. The van der Waals surface area contributed by atoms with E-state index in [1.54, 1.807) is 12.1 Å². The predicted octanol–water partition coefficient (Wildman–Crippen LogP) is 1.49. The van der Waals surface area contributed by atoms with Crippen molar-refractivity contribution in [2.45, 2.75) is 37.1 Å². The van der Waals surface area contributed by atoms with Crippen molar-refractivity contribution in [2.24, 2.45) is 0 Å². The second-order valence-corrected chi connectivity index (χ2v) is 8.65. The minimum atomic E-state index is -3.51. The van der Waals surface area contributed by atoms with E-state index < -0.39 is 10.0 Å². The Morgan fingerprint density at radius 3 is 2.50 bits per heavy atom. The van der Waals surface area contributed by atoms with Gasteiger partial charge in [0.15, 0.2) is 6.61 Å². The first-order chi connectivity index (χ1) is 12.5. The van der Waals surface area contributed by atoms with Gasteiger partial charge in [-0.1, -0.05) is 0 Å². The van der Waals surface area contributed by atoms with Crippen LogP contribution in [0.15, 0.2) is 29.2 Å². The summed E-state index contributed by atoms with van der Waals surface area (Å²) in [5.41, 5.74) is 0. The van der Waals surface area contributed by atoms with Crippen LogP contribution in [0.3, 0.4) is 0 Å². The van der Waals surface area contributed by atoms with Gasteiger partial charge in [0.2, 0.25) is 10.0 Å². The summed E-state index contributed by atoms with van der Waals surface area (Å²) in [6.45, 7) is 4.36. The van der Waals surface area contributed by atoms with Crippen LogP contribution in [0, 0.1) is 0 Å². The summed E-state index contributed by atoms with van der Waals surface area (Å²) in [5, 5.41) is 0. The van der Waals surface area contributed by atoms with Crippen LogP contribution in [-0.2, 0) is 19.6 Å². The minimum Gasteiger partial charge on any atom is -0.484 e. The third kappa shape index (κ3) is 4.36. The van der Waals surface area contributed by atoms with Crippen molar-refractivity contribution in [2.75, 3.05) is 39.5 Å². The van der Waals surface area contributed by atoms with Crippen LogP contribution in [0.4, 0.5) is 0 Å². The number of morpholine rings is 1. The molecule has 2 aliphatic heterocycles. The maximum Gasteiger partial charge on any atom is 0.260 e. The first kappa shape index (κ1) is 19.1. The van der Waals surface area contributed by atoms with Gasteiger partial charge in [-0.05, 0) is 50.5 Å². The maximum absolute atomic E-state index is 12.6. The van der Waals surface area contributed by atoms with Crippen molar-refractivity contribution >= 4 is 15.9 Å². The smallest absolute Gasteiger partial charge is 0.260 e. The number of rotatable bonds is 5. The number of carbonyl (C=O) groups excluding carboxylic acids is 1. The Balaban J connectivity index is 1.58. The fourth-order valence-corrected chi connectivity index (χ4v) is 4.75. The molecule has 0 spiro atoms. The largest absolute Gasteiger partial charge is 0.484 e. The van der Waals surface area contributed by atoms with Crippen LogP contribution >= 0.6 is 0 Å². The molecule has 0 radical (unpaired) electrons. The molecule has 0 N–H and O–H groups in total. The van der Waals surface area contributed by atoms with Crippen LogP contribution in [0.1, 0.15) is 26.2 Å². The minimum absolute atomic E-state index is 0.0257. The second-order valence-electron chi connectivity index (χ2n) is 6.71. The van der Waals surface area contributed by atoms with Crippen LogP contribution in [0.25, 0.3) is 0 Å². The lowest BCUT2D eigenvalue weighted by molar-refractivity contribution is -0.136. The summed E-state index contributed by atoms with van der Waals surface area (Å²) in [5.74, 6) is 0.464. The molecule has 0 aromatic heterocycles. The molecule has 0 bridgehead atoms. The summed E-state index contributed by atoms with van der Waals surface area (Å²) in [7, 11) is -3.51. The zero-order valence-corrected chi connectivity index (χ0v) is 15.9. The number of piperidine rings is 1. The average Bonchev–Trinajstić information content (AvgIpc) is 2.67. The van der Waals surface area contributed by atoms with Crippen LogP contribution < -0.4 is 4.74 Å². The van der Waals surface area contributed by atoms with Crippen molar-refractivity contribution in [3.8, 4) is 5.75 Å². The molecule has 0 unspecified atom stereocenters. The third-order valence-corrected chi connectivity index (χ3v) is 6.83. The zero-order valence-electron chi connectivity index (χ0n) is 15.1. The van der Waals surface area contributed by atoms with Gasteiger partial charge < -0.3 is 14.4 Å². The molecule has 8 heteroatoms. The van der Waals surface area contributed by atoms with Gasteiger partial charge in [-0.2, -0.15) is 4.31 Å². The van der Waals surface area contributed by atoms with Crippen molar-refractivity contribution in [1.29, 1.82) is 0 Å². The Labute approximate surface area is 154 Å². The van der Waals surface area contributed by atoms with E-state index in [9.17, 15) is 13.2 Å². The number of hydrogen-bond donors (Lipinski definition) is 0. The lowest BCUT2D eigenvalue weighted by Gasteiger charge is -2.33. The molecule has 144 valence electrons. The van der Waals surface area contributed by atoms with E-state index in [4.69, 9.17) is 9.47 Å². The van der Waals surface area contributed by atoms with E-state index in [0.717, 1.165) is 25.8 Å². The van der Waals surface area contributed by atoms with Gasteiger partial charge in [-0.3, -0.25) is 4.79 Å². The van der Waals surface area contributed by atoms with E-state index in [-0.39, 0.29) is 23.5 Å². The van der Waals surface area contributed by atoms with Gasteiger partial charge in [0.1, 0.15) is 5.75 Å². The molecule has 0 aliphatic carbocycles. The van der Waals surface area contributed by atoms with Gasteiger partial charge in [0.05, 0.1) is 18.1 Å². The van der Waals surface area contributed by atoms with Crippen LogP contribution in [0.5, 0.6) is 5.75 Å². The quantitative estimate of drug-likeness (QED) is 0.771. The Hall–Kier alpha value is -1.64. The monoisotopic (exact) mass is 382 g/mol. The number of hydrogen-bond acceptors (Lipinski definition) is 5. The Kier molecular flexibility index (Phi) is 6.16. The van der Waals surface area contributed by atoms with E-state index in [0.29, 0.717) is 32.1 Å². The van der Waals surface area contributed by atoms with Crippen LogP contribution in [0.2, 0.25) is 0 Å². The molecule has 26 heavy (non-hydrogen) atoms. The van der Waals surface area contributed by atoms with Gasteiger partial charge in [0.25, 0.3) is 5.91 Å². The molecule has 2 heterocycles. The number of sulfonamides is 1. The fourth-order valence-electron chi connectivity index (χ4n) is 3.34. The number of likely N-dealkylation sites (tertiary alicyclic amines) is 1. The number of nitrogens with zero attached hydrogens (tertiary/aromatic N) is 2. The molecule has 0 saturated carbocycles. The predicted molar refractivity (Wildman–Crippen MR) is 96.5 cm³/mol. The highest BCUT2D eigenvalue weighted by molar-refractivity contribution is 7.89. The van der Waals surface area contributed by atoms with E-state index in [1.807, 2.05) is 4.90 Å². The van der Waals surface area contributed by atoms with E-state index >= 15 is 0 Å². The molecular weight excluding hydrogens is 356 g/mol. The van der Waals surface area contributed by atoms with Gasteiger partial charge in [0, 0.05) is 25.7 Å². The standard InChI is InChI=1S/C18H26N2O5S/c1-15-4-2-3-9-20(15)18(21)14-25-16-5-7-17(8-6-16)26(22,23)19-10-12-24-13-11-19/h5-8,15H,2-4,9-14H2,1H3/t15-/m1/s1. The van der Waals surface area contributed by atoms with Crippen molar-refractivity contribution in [1.82, 2.24) is 9.21 Å². The lowest BCUT2D eigenvalue weighted by Crippen LogP contribution is -2.44. The molecule has 2 fully saturated rings. The summed E-state index contributed by atoms with van der Waals surface area (Å²) < 4.78 is 37.3. The topological polar surface area (TPSA) is 76.2 Å². The highest BCUT2D eigenvalue weighted by Crippen LogP contribution is 2.21. The summed E-state index contributed by atoms with van der Waals surface area (Å²) in [6, 6.07) is 6.49. The summed E-state index contributed by atoms with van der Waals surface area (Å²) in [6.07, 6.45) is 3.22. The third-order valence-electron chi connectivity index (χ3n) is 4.92. The number of benzene rings is 1. The number of ether oxygens (including phenoxy) is 2. The second kappa shape index (κ2) is 8.37. The SMILES string of the molecule is C[C@@H]1CCCCN1C(=O)COc1ccc(S(=O)(=O)N2CCOCC2)cc1. The Morgan fingerprint density at radius 2 is 1.85 bits per heavy atom. The highest BCUT2D eigenvalue weighted by Gasteiger charge is 2.26. The number of amides is 1. The molecule has 3 rings (SSSR count). The average molecular weight is 382 g/mol. The first-order valence-electron chi connectivity index (χ1n) is 9.09. The van der Waals surface area contributed by atoms with Crippen LogP contribution in [-0.4, -0.2) is 69.0 Å². The van der Waals surface area contributed by atoms with Gasteiger partial charge in [-0.15, -0.1) is 0 Å². The zero-order chi connectivity index (χ0) is 18.6.